The van der Waals surface area contributed by atoms with Crippen LogP contribution in [0.4, 0.5) is 5.69 Å². The van der Waals surface area contributed by atoms with E-state index in [1.54, 1.807) is 41.5 Å². The lowest BCUT2D eigenvalue weighted by molar-refractivity contribution is 0.101. The molecule has 0 aliphatic rings. The summed E-state index contributed by atoms with van der Waals surface area (Å²) in [5.41, 5.74) is 3.68. The first-order valence-corrected chi connectivity index (χ1v) is 9.56. The van der Waals surface area contributed by atoms with Crippen LogP contribution in [-0.2, 0) is 7.05 Å². The zero-order valence-electron chi connectivity index (χ0n) is 16.0. The van der Waals surface area contributed by atoms with Crippen molar-refractivity contribution >= 4 is 22.9 Å². The Morgan fingerprint density at radius 3 is 2.54 bits per heavy atom. The largest absolute Gasteiger partial charge is 0.318 e. The SMILES string of the molecule is Cc1nc(C)n(-c2ncc(NC(=O)c3cc(-c4cccs4)nn3C)cn2)c1C. The predicted octanol–water partition coefficient (Wildman–Crippen LogP) is 3.30. The fraction of sp³-hybridized carbons (Fsp3) is 0.211. The third kappa shape index (κ3) is 3.20. The summed E-state index contributed by atoms with van der Waals surface area (Å²) in [6, 6.07) is 5.71. The summed E-state index contributed by atoms with van der Waals surface area (Å²) in [6.45, 7) is 5.83. The average Bonchev–Trinajstić information content (AvgIpc) is 3.37. The van der Waals surface area contributed by atoms with Crippen molar-refractivity contribution in [3.05, 3.63) is 58.9 Å². The lowest BCUT2D eigenvalue weighted by Crippen LogP contribution is -2.16. The number of rotatable bonds is 4. The van der Waals surface area contributed by atoms with Crippen LogP contribution in [0.5, 0.6) is 0 Å². The molecular formula is C19H19N7OS. The molecule has 0 spiro atoms. The van der Waals surface area contributed by atoms with Gasteiger partial charge in [0, 0.05) is 12.7 Å². The van der Waals surface area contributed by atoms with Gasteiger partial charge in [-0.15, -0.1) is 11.3 Å². The van der Waals surface area contributed by atoms with Crippen LogP contribution in [-0.4, -0.2) is 35.2 Å². The van der Waals surface area contributed by atoms with Crippen LogP contribution in [0.1, 0.15) is 27.7 Å². The number of nitrogens with zero attached hydrogens (tertiary/aromatic N) is 6. The van der Waals surface area contributed by atoms with Gasteiger partial charge in [-0.1, -0.05) is 6.07 Å². The van der Waals surface area contributed by atoms with Crippen LogP contribution in [0.15, 0.2) is 36.0 Å². The number of carbonyl (C=O) groups is 1. The van der Waals surface area contributed by atoms with E-state index in [0.29, 0.717) is 17.3 Å². The standard InChI is InChI=1S/C19H19N7OS/c1-11-12(2)26(13(3)22-11)19-20-9-14(10-21-19)23-18(27)16-8-15(24-25(16)4)17-6-5-7-28-17/h5-10H,1-4H3,(H,23,27). The molecule has 4 rings (SSSR count). The van der Waals surface area contributed by atoms with Crippen molar-refractivity contribution in [3.8, 4) is 16.5 Å². The van der Waals surface area contributed by atoms with Crippen molar-refractivity contribution in [1.82, 2.24) is 29.3 Å². The van der Waals surface area contributed by atoms with E-state index in [1.165, 1.54) is 0 Å². The Balaban J connectivity index is 1.54. The molecule has 1 amide bonds. The molecule has 9 heteroatoms. The molecule has 4 aromatic heterocycles. The second-order valence-electron chi connectivity index (χ2n) is 6.41. The van der Waals surface area contributed by atoms with Crippen LogP contribution in [0, 0.1) is 20.8 Å². The summed E-state index contributed by atoms with van der Waals surface area (Å²) in [7, 11) is 1.75. The van der Waals surface area contributed by atoms with Crippen molar-refractivity contribution < 1.29 is 4.79 Å². The Labute approximate surface area is 165 Å². The third-order valence-electron chi connectivity index (χ3n) is 4.49. The minimum atomic E-state index is -0.264. The average molecular weight is 393 g/mol. The second kappa shape index (κ2) is 7.01. The summed E-state index contributed by atoms with van der Waals surface area (Å²) >= 11 is 1.58. The number of carbonyl (C=O) groups excluding carboxylic acids is 1. The Morgan fingerprint density at radius 2 is 1.93 bits per heavy atom. The van der Waals surface area contributed by atoms with Crippen LogP contribution >= 0.6 is 11.3 Å². The smallest absolute Gasteiger partial charge is 0.274 e. The highest BCUT2D eigenvalue weighted by Gasteiger charge is 2.16. The molecule has 0 aliphatic heterocycles. The number of hydrogen-bond donors (Lipinski definition) is 1. The molecule has 0 saturated carbocycles. The monoisotopic (exact) mass is 393 g/mol. The molecule has 0 unspecified atom stereocenters. The second-order valence-corrected chi connectivity index (χ2v) is 7.35. The van der Waals surface area contributed by atoms with E-state index in [2.05, 4.69) is 25.4 Å². The summed E-state index contributed by atoms with van der Waals surface area (Å²) in [4.78, 5) is 26.8. The Bertz CT molecular complexity index is 1140. The first-order valence-electron chi connectivity index (χ1n) is 8.68. The fourth-order valence-electron chi connectivity index (χ4n) is 2.99. The maximum Gasteiger partial charge on any atom is 0.274 e. The minimum absolute atomic E-state index is 0.264. The summed E-state index contributed by atoms with van der Waals surface area (Å²) in [6.07, 6.45) is 3.18. The molecule has 8 nitrogen and oxygen atoms in total. The summed E-state index contributed by atoms with van der Waals surface area (Å²) in [5, 5.41) is 9.22. The molecule has 0 aliphatic carbocycles. The van der Waals surface area contributed by atoms with E-state index in [0.717, 1.165) is 27.8 Å². The molecule has 4 aromatic rings. The maximum atomic E-state index is 12.6. The van der Waals surface area contributed by atoms with E-state index >= 15 is 0 Å². The third-order valence-corrected chi connectivity index (χ3v) is 5.39. The minimum Gasteiger partial charge on any atom is -0.318 e. The number of thiophene rings is 1. The van der Waals surface area contributed by atoms with Gasteiger partial charge in [0.2, 0.25) is 5.95 Å². The highest BCUT2D eigenvalue weighted by molar-refractivity contribution is 7.13. The van der Waals surface area contributed by atoms with Crippen molar-refractivity contribution in [2.24, 2.45) is 7.05 Å². The number of imidazole rings is 1. The Hall–Kier alpha value is -3.33. The Kier molecular flexibility index (Phi) is 4.52. The first-order chi connectivity index (χ1) is 13.4. The number of hydrogen-bond acceptors (Lipinski definition) is 6. The van der Waals surface area contributed by atoms with E-state index in [9.17, 15) is 4.79 Å². The molecule has 142 valence electrons. The van der Waals surface area contributed by atoms with E-state index in [1.807, 2.05) is 42.9 Å². The molecule has 0 atom stereocenters. The zero-order chi connectivity index (χ0) is 19.8. The predicted molar refractivity (Wildman–Crippen MR) is 108 cm³/mol. The van der Waals surface area contributed by atoms with Crippen LogP contribution in [0.3, 0.4) is 0 Å². The number of aromatic nitrogens is 6. The number of amides is 1. The summed E-state index contributed by atoms with van der Waals surface area (Å²) in [5.74, 6) is 1.08. The van der Waals surface area contributed by atoms with Gasteiger partial charge >= 0.3 is 0 Å². The normalized spacial score (nSPS) is 11.0. The lowest BCUT2D eigenvalue weighted by atomic mass is 10.3. The molecule has 0 aromatic carbocycles. The molecule has 28 heavy (non-hydrogen) atoms. The molecule has 4 heterocycles. The molecule has 1 N–H and O–H groups in total. The maximum absolute atomic E-state index is 12.6. The topological polar surface area (TPSA) is 90.5 Å². The zero-order valence-corrected chi connectivity index (χ0v) is 16.8. The van der Waals surface area contributed by atoms with Gasteiger partial charge in [-0.25, -0.2) is 15.0 Å². The van der Waals surface area contributed by atoms with Crippen molar-refractivity contribution in [1.29, 1.82) is 0 Å². The highest BCUT2D eigenvalue weighted by atomic mass is 32.1. The van der Waals surface area contributed by atoms with Gasteiger partial charge in [-0.3, -0.25) is 14.0 Å². The van der Waals surface area contributed by atoms with Gasteiger partial charge in [0.15, 0.2) is 0 Å². The van der Waals surface area contributed by atoms with Gasteiger partial charge < -0.3 is 5.32 Å². The van der Waals surface area contributed by atoms with Gasteiger partial charge in [0.05, 0.1) is 28.7 Å². The molecule has 0 fully saturated rings. The van der Waals surface area contributed by atoms with Crippen LogP contribution < -0.4 is 5.32 Å². The van der Waals surface area contributed by atoms with E-state index in [-0.39, 0.29) is 5.91 Å². The highest BCUT2D eigenvalue weighted by Crippen LogP contribution is 2.24. The lowest BCUT2D eigenvalue weighted by Gasteiger charge is -2.08. The van der Waals surface area contributed by atoms with Gasteiger partial charge in [-0.2, -0.15) is 5.10 Å². The fourth-order valence-corrected chi connectivity index (χ4v) is 3.68. The van der Waals surface area contributed by atoms with Crippen molar-refractivity contribution in [2.45, 2.75) is 20.8 Å². The molecule has 0 bridgehead atoms. The van der Waals surface area contributed by atoms with Crippen molar-refractivity contribution in [2.75, 3.05) is 5.32 Å². The quantitative estimate of drug-likeness (QED) is 0.574. The number of anilines is 1. The summed E-state index contributed by atoms with van der Waals surface area (Å²) < 4.78 is 3.45. The van der Waals surface area contributed by atoms with Crippen molar-refractivity contribution in [3.63, 3.8) is 0 Å². The Morgan fingerprint density at radius 1 is 1.18 bits per heavy atom. The molecule has 0 saturated heterocycles. The number of aryl methyl sites for hydroxylation is 3. The molecule has 0 radical (unpaired) electrons. The van der Waals surface area contributed by atoms with Gasteiger partial charge in [0.25, 0.3) is 5.91 Å². The van der Waals surface area contributed by atoms with Gasteiger partial charge in [0.1, 0.15) is 17.2 Å². The van der Waals surface area contributed by atoms with Gasteiger partial charge in [-0.05, 0) is 38.3 Å². The number of nitrogens with one attached hydrogen (secondary N) is 1. The van der Waals surface area contributed by atoms with Crippen LogP contribution in [0.25, 0.3) is 16.5 Å². The van der Waals surface area contributed by atoms with E-state index < -0.39 is 0 Å². The van der Waals surface area contributed by atoms with E-state index in [4.69, 9.17) is 0 Å². The molecular weight excluding hydrogens is 374 g/mol. The van der Waals surface area contributed by atoms with Crippen LogP contribution in [0.2, 0.25) is 0 Å². The first kappa shape index (κ1) is 18.1.